The summed E-state index contributed by atoms with van der Waals surface area (Å²) in [6.45, 7) is 11.1. The SMILES string of the molecule is C=CCN(C)C(=O)[C@H]1[C@H]2C(=O)N(CCCCCCO)C(C(=O)N(CC=C)C3CCCCC3)C23CC[C@]1(C)O3. The molecule has 2 bridgehead atoms. The van der Waals surface area contributed by atoms with Gasteiger partial charge in [0.2, 0.25) is 17.7 Å². The summed E-state index contributed by atoms with van der Waals surface area (Å²) in [4.78, 5) is 47.8. The normalized spacial score (nSPS) is 32.3. The highest BCUT2D eigenvalue weighted by atomic mass is 16.5. The molecule has 0 aromatic carbocycles. The van der Waals surface area contributed by atoms with Crippen LogP contribution >= 0.6 is 0 Å². The molecule has 8 heteroatoms. The van der Waals surface area contributed by atoms with Gasteiger partial charge in [0, 0.05) is 39.3 Å². The van der Waals surface area contributed by atoms with E-state index in [0.29, 0.717) is 32.5 Å². The van der Waals surface area contributed by atoms with E-state index in [1.54, 1.807) is 29.0 Å². The second kappa shape index (κ2) is 11.9. The molecule has 4 rings (SSSR count). The third-order valence-electron chi connectivity index (χ3n) is 9.49. The van der Waals surface area contributed by atoms with E-state index < -0.39 is 29.1 Å². The van der Waals surface area contributed by atoms with Gasteiger partial charge in [0.15, 0.2) is 0 Å². The van der Waals surface area contributed by atoms with Crippen molar-refractivity contribution in [3.63, 3.8) is 0 Å². The van der Waals surface area contributed by atoms with Crippen molar-refractivity contribution < 1.29 is 24.2 Å². The van der Waals surface area contributed by atoms with E-state index in [2.05, 4.69) is 13.2 Å². The van der Waals surface area contributed by atoms with Crippen molar-refractivity contribution in [3.05, 3.63) is 25.3 Å². The predicted molar refractivity (Wildman–Crippen MR) is 146 cm³/mol. The molecule has 5 atom stereocenters. The van der Waals surface area contributed by atoms with Gasteiger partial charge < -0.3 is 24.5 Å². The maximum atomic E-state index is 14.5. The third-order valence-corrected chi connectivity index (χ3v) is 9.49. The second-order valence-electron chi connectivity index (χ2n) is 12.0. The first-order chi connectivity index (χ1) is 18.3. The molecule has 3 amide bonds. The van der Waals surface area contributed by atoms with Crippen LogP contribution in [0.4, 0.5) is 0 Å². The number of unbranched alkanes of at least 4 members (excludes halogenated alkanes) is 3. The zero-order valence-corrected chi connectivity index (χ0v) is 23.4. The topological polar surface area (TPSA) is 90.4 Å². The van der Waals surface area contributed by atoms with Crippen LogP contribution in [0.3, 0.4) is 0 Å². The molecule has 2 unspecified atom stereocenters. The smallest absolute Gasteiger partial charge is 0.248 e. The minimum atomic E-state index is -0.989. The first-order valence-electron chi connectivity index (χ1n) is 14.6. The molecule has 0 aromatic rings. The Morgan fingerprint density at radius 1 is 1.05 bits per heavy atom. The van der Waals surface area contributed by atoms with E-state index in [-0.39, 0.29) is 30.4 Å². The highest BCUT2D eigenvalue weighted by Crippen LogP contribution is 2.63. The molecule has 38 heavy (non-hydrogen) atoms. The molecular formula is C30H47N3O5. The summed E-state index contributed by atoms with van der Waals surface area (Å²) >= 11 is 0. The van der Waals surface area contributed by atoms with Crippen LogP contribution in [-0.4, -0.2) is 94.1 Å². The van der Waals surface area contributed by atoms with Crippen molar-refractivity contribution in [1.82, 2.24) is 14.7 Å². The number of fused-ring (bicyclic) bond motifs is 1. The van der Waals surface area contributed by atoms with Gasteiger partial charge in [-0.05, 0) is 45.4 Å². The number of hydrogen-bond donors (Lipinski definition) is 1. The Morgan fingerprint density at radius 3 is 2.39 bits per heavy atom. The van der Waals surface area contributed by atoms with Crippen LogP contribution in [0, 0.1) is 11.8 Å². The van der Waals surface area contributed by atoms with Crippen LogP contribution in [0.15, 0.2) is 25.3 Å². The number of aliphatic hydroxyl groups excluding tert-OH is 1. The Hall–Kier alpha value is -2.19. The molecule has 8 nitrogen and oxygen atoms in total. The van der Waals surface area contributed by atoms with Gasteiger partial charge in [-0.25, -0.2) is 0 Å². The fourth-order valence-corrected chi connectivity index (χ4v) is 7.70. The van der Waals surface area contributed by atoms with Crippen LogP contribution in [0.5, 0.6) is 0 Å². The lowest BCUT2D eigenvalue weighted by molar-refractivity contribution is -0.154. The van der Waals surface area contributed by atoms with Crippen LogP contribution in [0.25, 0.3) is 0 Å². The Labute approximate surface area is 228 Å². The molecule has 0 aromatic heterocycles. The van der Waals surface area contributed by atoms with Gasteiger partial charge in [0.1, 0.15) is 11.6 Å². The average Bonchev–Trinajstić information content (AvgIpc) is 3.47. The van der Waals surface area contributed by atoms with Gasteiger partial charge in [-0.1, -0.05) is 44.3 Å². The monoisotopic (exact) mass is 529 g/mol. The summed E-state index contributed by atoms with van der Waals surface area (Å²) < 4.78 is 6.79. The summed E-state index contributed by atoms with van der Waals surface area (Å²) in [5.41, 5.74) is -1.76. The maximum absolute atomic E-state index is 14.5. The Bertz CT molecular complexity index is 918. The van der Waals surface area contributed by atoms with Gasteiger partial charge in [0.05, 0.1) is 17.4 Å². The number of aliphatic hydroxyl groups is 1. The van der Waals surface area contributed by atoms with Crippen molar-refractivity contribution in [2.75, 3.05) is 33.3 Å². The fraction of sp³-hybridized carbons (Fsp3) is 0.767. The van der Waals surface area contributed by atoms with Crippen molar-refractivity contribution in [1.29, 1.82) is 0 Å². The molecule has 1 saturated carbocycles. The molecule has 3 heterocycles. The van der Waals surface area contributed by atoms with Gasteiger partial charge in [0.25, 0.3) is 0 Å². The number of carbonyl (C=O) groups excluding carboxylic acids is 3. The van der Waals surface area contributed by atoms with Crippen LogP contribution in [0.1, 0.15) is 77.6 Å². The fourth-order valence-electron chi connectivity index (χ4n) is 7.70. The summed E-state index contributed by atoms with van der Waals surface area (Å²) in [6.07, 6.45) is 13.2. The van der Waals surface area contributed by atoms with Crippen LogP contribution < -0.4 is 0 Å². The summed E-state index contributed by atoms with van der Waals surface area (Å²) in [6, 6.07) is -0.597. The Balaban J connectivity index is 1.69. The standard InChI is InChI=1S/C30H47N3O5/c1-5-18-31(4)26(35)23-24-27(36)33(20-12-7-8-13-21-34)25(30(24)17-16-29(23,3)38-30)28(37)32(19-6-2)22-14-10-9-11-15-22/h5-6,22-25,34H,1-2,7-21H2,3-4H3/t23-,24+,25?,29+,30?/m1/s1. The van der Waals surface area contributed by atoms with Gasteiger partial charge in [-0.2, -0.15) is 0 Å². The highest BCUT2D eigenvalue weighted by Gasteiger charge is 2.78. The summed E-state index contributed by atoms with van der Waals surface area (Å²) in [5.74, 6) is -1.57. The minimum absolute atomic E-state index is 0.0557. The van der Waals surface area contributed by atoms with E-state index >= 15 is 0 Å². The average molecular weight is 530 g/mol. The zero-order valence-electron chi connectivity index (χ0n) is 23.4. The number of nitrogens with zero attached hydrogens (tertiary/aromatic N) is 3. The van der Waals surface area contributed by atoms with E-state index in [4.69, 9.17) is 9.84 Å². The Morgan fingerprint density at radius 2 is 1.74 bits per heavy atom. The quantitative estimate of drug-likeness (QED) is 0.292. The molecule has 1 aliphatic carbocycles. The third kappa shape index (κ3) is 4.94. The lowest BCUT2D eigenvalue weighted by atomic mass is 9.66. The predicted octanol–water partition coefficient (Wildman–Crippen LogP) is 3.30. The van der Waals surface area contributed by atoms with E-state index in [0.717, 1.165) is 51.4 Å². The second-order valence-corrected chi connectivity index (χ2v) is 12.0. The molecule has 1 N–H and O–H groups in total. The van der Waals surface area contributed by atoms with E-state index in [9.17, 15) is 14.4 Å². The van der Waals surface area contributed by atoms with E-state index in [1.165, 1.54) is 6.42 Å². The molecular weight excluding hydrogens is 482 g/mol. The van der Waals surface area contributed by atoms with Crippen molar-refractivity contribution in [3.8, 4) is 0 Å². The highest BCUT2D eigenvalue weighted by molar-refractivity contribution is 5.99. The number of ether oxygens (including phenoxy) is 1. The molecule has 0 radical (unpaired) electrons. The van der Waals surface area contributed by atoms with Crippen molar-refractivity contribution in [2.24, 2.45) is 11.8 Å². The molecule has 3 saturated heterocycles. The largest absolute Gasteiger partial charge is 0.396 e. The number of likely N-dealkylation sites (N-methyl/N-ethyl adjacent to an activating group) is 1. The molecule has 212 valence electrons. The Kier molecular flexibility index (Phi) is 9.03. The van der Waals surface area contributed by atoms with Crippen molar-refractivity contribution in [2.45, 2.75) is 101 Å². The number of hydrogen-bond acceptors (Lipinski definition) is 5. The first kappa shape index (κ1) is 28.8. The minimum Gasteiger partial charge on any atom is -0.396 e. The molecule has 4 aliphatic rings. The lowest BCUT2D eigenvalue weighted by Crippen LogP contribution is -2.58. The number of carbonyl (C=O) groups is 3. The maximum Gasteiger partial charge on any atom is 0.248 e. The van der Waals surface area contributed by atoms with Gasteiger partial charge in [-0.3, -0.25) is 14.4 Å². The lowest BCUT2D eigenvalue weighted by Gasteiger charge is -2.40. The number of likely N-dealkylation sites (tertiary alicyclic amines) is 1. The molecule has 3 aliphatic heterocycles. The first-order valence-corrected chi connectivity index (χ1v) is 14.6. The van der Waals surface area contributed by atoms with Gasteiger partial charge >= 0.3 is 0 Å². The van der Waals surface area contributed by atoms with Gasteiger partial charge in [-0.15, -0.1) is 13.2 Å². The summed E-state index contributed by atoms with van der Waals surface area (Å²) in [5, 5.41) is 9.16. The van der Waals surface area contributed by atoms with Crippen LogP contribution in [-0.2, 0) is 19.1 Å². The number of amides is 3. The van der Waals surface area contributed by atoms with Crippen molar-refractivity contribution >= 4 is 17.7 Å². The molecule has 1 spiro atoms. The zero-order chi connectivity index (χ0) is 27.5. The number of rotatable bonds is 13. The van der Waals surface area contributed by atoms with E-state index in [1.807, 2.05) is 11.8 Å². The molecule has 4 fully saturated rings. The van der Waals surface area contributed by atoms with Crippen LogP contribution in [0.2, 0.25) is 0 Å². The summed E-state index contributed by atoms with van der Waals surface area (Å²) in [7, 11) is 1.74.